The van der Waals surface area contributed by atoms with Crippen LogP contribution in [0.3, 0.4) is 0 Å². The Morgan fingerprint density at radius 3 is 1.75 bits per heavy atom. The van der Waals surface area contributed by atoms with E-state index in [1.54, 1.807) is 30.3 Å². The lowest BCUT2D eigenvalue weighted by Crippen LogP contribution is -2.59. The number of carbonyl (C=O) groups is 9. The van der Waals surface area contributed by atoms with Gasteiger partial charge in [-0.3, -0.25) is 43.2 Å². The fourth-order valence-corrected chi connectivity index (χ4v) is 9.08. The van der Waals surface area contributed by atoms with Gasteiger partial charge in [0.1, 0.15) is 36.0 Å². The lowest BCUT2D eigenvalue weighted by atomic mass is 9.90. The molecule has 424 valence electrons. The summed E-state index contributed by atoms with van der Waals surface area (Å²) < 4.78 is 0. The zero-order chi connectivity index (χ0) is 55.9. The van der Waals surface area contributed by atoms with Crippen molar-refractivity contribution in [2.24, 2.45) is 46.6 Å². The number of aliphatic hydroxyl groups excluding tert-OH is 1. The topological polar surface area (TPSA) is 362 Å². The van der Waals surface area contributed by atoms with E-state index in [0.717, 1.165) is 32.1 Å². The molecular weight excluding hydrogens is 963 g/mol. The third kappa shape index (κ3) is 25.8. The summed E-state index contributed by atoms with van der Waals surface area (Å²) in [5.74, 6) is -7.96. The first-order valence-corrected chi connectivity index (χ1v) is 27.4. The molecule has 1 aliphatic heterocycles. The minimum atomic E-state index is -1.41. The maximum absolute atomic E-state index is 14.5. The number of benzene rings is 1. The number of ketones is 2. The molecule has 0 bridgehead atoms. The largest absolute Gasteiger partial charge is 0.393 e. The van der Waals surface area contributed by atoms with E-state index in [-0.39, 0.29) is 121 Å². The highest BCUT2D eigenvalue weighted by Crippen LogP contribution is 2.19. The zero-order valence-corrected chi connectivity index (χ0v) is 45.4. The number of rotatable bonds is 27. The molecule has 21 nitrogen and oxygen atoms in total. The molecule has 0 aliphatic carbocycles. The van der Waals surface area contributed by atoms with Gasteiger partial charge in [0, 0.05) is 44.1 Å². The molecule has 0 unspecified atom stereocenters. The van der Waals surface area contributed by atoms with Gasteiger partial charge >= 0.3 is 0 Å². The minimum absolute atomic E-state index is 0.0172. The van der Waals surface area contributed by atoms with Crippen molar-refractivity contribution in [2.45, 2.75) is 193 Å². The molecule has 1 aromatic rings. The molecule has 0 spiro atoms. The van der Waals surface area contributed by atoms with Crippen LogP contribution >= 0.6 is 0 Å². The van der Waals surface area contributed by atoms with E-state index < -0.39 is 101 Å². The van der Waals surface area contributed by atoms with Crippen LogP contribution in [0.15, 0.2) is 30.3 Å². The predicted octanol–water partition coefficient (Wildman–Crippen LogP) is 0.798. The quantitative estimate of drug-likeness (QED) is 0.0543. The zero-order valence-electron chi connectivity index (χ0n) is 45.4. The molecule has 0 saturated carbocycles. The van der Waals surface area contributed by atoms with Crippen molar-refractivity contribution in [3.05, 3.63) is 35.9 Å². The highest BCUT2D eigenvalue weighted by molar-refractivity contribution is 5.98. The molecular formula is C54H93N11O10. The summed E-state index contributed by atoms with van der Waals surface area (Å²) in [6.07, 6.45) is 4.31. The molecule has 1 fully saturated rings. The average Bonchev–Trinajstić information content (AvgIpc) is 3.35. The highest BCUT2D eigenvalue weighted by atomic mass is 16.3. The van der Waals surface area contributed by atoms with Crippen LogP contribution < -0.4 is 60.2 Å². The minimum Gasteiger partial charge on any atom is -0.393 e. The molecule has 9 atom stereocenters. The second-order valence-electron chi connectivity index (χ2n) is 20.9. The van der Waals surface area contributed by atoms with Gasteiger partial charge in [0.05, 0.1) is 12.1 Å². The number of amides is 7. The van der Waals surface area contributed by atoms with E-state index in [4.69, 9.17) is 22.9 Å². The van der Waals surface area contributed by atoms with Crippen LogP contribution in [-0.2, 0) is 49.6 Å². The Morgan fingerprint density at radius 1 is 0.613 bits per heavy atom. The Morgan fingerprint density at radius 2 is 1.16 bits per heavy atom. The van der Waals surface area contributed by atoms with E-state index in [0.29, 0.717) is 18.4 Å². The van der Waals surface area contributed by atoms with Crippen LogP contribution in [0.4, 0.5) is 0 Å². The van der Waals surface area contributed by atoms with Gasteiger partial charge in [-0.1, -0.05) is 97.1 Å². The summed E-state index contributed by atoms with van der Waals surface area (Å²) >= 11 is 0. The van der Waals surface area contributed by atoms with Crippen molar-refractivity contribution in [3.63, 3.8) is 0 Å². The van der Waals surface area contributed by atoms with Gasteiger partial charge in [-0.2, -0.15) is 0 Å². The molecule has 2 rings (SSSR count). The average molecular weight is 1060 g/mol. The highest BCUT2D eigenvalue weighted by Gasteiger charge is 2.36. The van der Waals surface area contributed by atoms with E-state index in [9.17, 15) is 48.3 Å². The van der Waals surface area contributed by atoms with Crippen molar-refractivity contribution in [3.8, 4) is 0 Å². The first kappa shape index (κ1) is 65.8. The van der Waals surface area contributed by atoms with Crippen molar-refractivity contribution in [2.75, 3.05) is 32.7 Å². The summed E-state index contributed by atoms with van der Waals surface area (Å²) in [6, 6.07) is 1.34. The molecule has 7 amide bonds. The van der Waals surface area contributed by atoms with E-state index >= 15 is 0 Å². The van der Waals surface area contributed by atoms with Crippen molar-refractivity contribution < 1.29 is 48.3 Å². The first-order chi connectivity index (χ1) is 35.8. The summed E-state index contributed by atoms with van der Waals surface area (Å²) in [5.41, 5.74) is 24.3. The molecule has 1 heterocycles. The van der Waals surface area contributed by atoms with Gasteiger partial charge in [0.25, 0.3) is 0 Å². The normalized spacial score (nSPS) is 23.0. The van der Waals surface area contributed by atoms with Crippen LogP contribution in [0.5, 0.6) is 0 Å². The summed E-state index contributed by atoms with van der Waals surface area (Å²) in [7, 11) is 0. The third-order valence-corrected chi connectivity index (χ3v) is 13.2. The Bertz CT molecular complexity index is 1940. The fourth-order valence-electron chi connectivity index (χ4n) is 9.08. The molecule has 0 aromatic heterocycles. The van der Waals surface area contributed by atoms with Crippen LogP contribution in [0.1, 0.15) is 149 Å². The van der Waals surface area contributed by atoms with E-state index in [2.05, 4.69) is 44.1 Å². The SMILES string of the molecule is CCCCCCC[C@@H](O)CC(=O)C[C@H](CCCN)C(=O)N[C@H]1CCNC(=O)[C@H](CC(C)C)NC(=O)[C@H](CCN)NC(=O)[C@H](CCN)CC(=O)[C@H](CC(C)C)NC(=O)[C@@H](Cc2ccccc2)NC(=O)[C@H](CCN)NC1=O. The summed E-state index contributed by atoms with van der Waals surface area (Å²) in [5, 5.41) is 30.0. The van der Waals surface area contributed by atoms with Crippen LogP contribution in [-0.4, -0.2) is 133 Å². The fraction of sp³-hybridized carbons (Fsp3) is 0.722. The number of Topliss-reactive ketones (excluding diaryl/α,β-unsaturated/α-hetero) is 2. The third-order valence-electron chi connectivity index (χ3n) is 13.2. The van der Waals surface area contributed by atoms with Gasteiger partial charge in [-0.25, -0.2) is 0 Å². The number of carbonyl (C=O) groups excluding carboxylic acids is 9. The summed E-state index contributed by atoms with van der Waals surface area (Å²) in [6.45, 7) is 9.42. The maximum Gasteiger partial charge on any atom is 0.243 e. The van der Waals surface area contributed by atoms with Gasteiger partial charge < -0.3 is 65.3 Å². The molecule has 16 N–H and O–H groups in total. The Labute approximate surface area is 444 Å². The molecule has 1 aliphatic rings. The lowest BCUT2D eigenvalue weighted by Gasteiger charge is -2.28. The number of aliphatic hydroxyl groups is 1. The number of hydrogen-bond acceptors (Lipinski definition) is 14. The molecule has 75 heavy (non-hydrogen) atoms. The Hall–Kier alpha value is -5.35. The van der Waals surface area contributed by atoms with Gasteiger partial charge in [-0.15, -0.1) is 0 Å². The Kier molecular flexibility index (Phi) is 32.1. The van der Waals surface area contributed by atoms with Gasteiger partial charge in [-0.05, 0) is 101 Å². The molecule has 1 aromatic carbocycles. The van der Waals surface area contributed by atoms with Crippen LogP contribution in [0.2, 0.25) is 0 Å². The summed E-state index contributed by atoms with van der Waals surface area (Å²) in [4.78, 5) is 127. The number of unbranched alkanes of at least 4 members (excludes halogenated alkanes) is 4. The number of hydrogen-bond donors (Lipinski definition) is 12. The monoisotopic (exact) mass is 1060 g/mol. The van der Waals surface area contributed by atoms with E-state index in [1.165, 1.54) is 0 Å². The smallest absolute Gasteiger partial charge is 0.243 e. The van der Waals surface area contributed by atoms with E-state index in [1.807, 2.05) is 27.7 Å². The second kappa shape index (κ2) is 36.6. The second-order valence-corrected chi connectivity index (χ2v) is 20.9. The van der Waals surface area contributed by atoms with Gasteiger partial charge in [0.15, 0.2) is 5.78 Å². The van der Waals surface area contributed by atoms with Crippen LogP contribution in [0.25, 0.3) is 0 Å². The molecule has 21 heteroatoms. The van der Waals surface area contributed by atoms with Crippen LogP contribution in [0, 0.1) is 23.7 Å². The van der Waals surface area contributed by atoms with Crippen molar-refractivity contribution in [1.82, 2.24) is 37.2 Å². The number of nitrogens with one attached hydrogen (secondary N) is 7. The van der Waals surface area contributed by atoms with Crippen molar-refractivity contribution >= 4 is 52.9 Å². The standard InChI is InChI=1S/C54H93N11O10/c1-6-7-8-9-13-18-39(66)33-40(67)31-37(17-14-23-55)48(69)61-43-22-27-59-50(71)45(29-35(4)5)64-51(72)41(20-25-57)60-49(70)38(19-24-56)32-47(68)44(28-34(2)3)63-54(75)46(30-36-15-11-10-12-16-36)65-52(73)42(21-26-58)62-53(43)74/h10-12,15-16,34-35,37-39,41-46,66H,6-9,13-14,17-33,55-58H2,1-5H3,(H,59,71)(H,60,70)(H,61,69)(H,62,74)(H,63,75)(H,64,72)(H,65,73)/t37-,38+,39+,41-,42-,43-,44-,45-,46+/m0/s1. The lowest BCUT2D eigenvalue weighted by molar-refractivity contribution is -0.136. The molecule has 1 saturated heterocycles. The van der Waals surface area contributed by atoms with Crippen molar-refractivity contribution in [1.29, 1.82) is 0 Å². The molecule has 0 radical (unpaired) electrons. The number of nitrogens with two attached hydrogens (primary N) is 4. The predicted molar refractivity (Wildman–Crippen MR) is 288 cm³/mol. The Balaban J connectivity index is 2.70. The van der Waals surface area contributed by atoms with Gasteiger partial charge in [0.2, 0.25) is 41.4 Å². The first-order valence-electron chi connectivity index (χ1n) is 27.4. The maximum atomic E-state index is 14.5.